The molecule has 10 nitrogen and oxygen atoms in total. The lowest BCUT2D eigenvalue weighted by Gasteiger charge is -2.27. The van der Waals surface area contributed by atoms with Crippen LogP contribution < -0.4 is 19.9 Å². The minimum absolute atomic E-state index is 0.105. The molecule has 2 heterocycles. The van der Waals surface area contributed by atoms with E-state index >= 15 is 0 Å². The Morgan fingerprint density at radius 1 is 1.22 bits per heavy atom. The van der Waals surface area contributed by atoms with E-state index < -0.39 is 5.97 Å². The van der Waals surface area contributed by atoms with Crippen LogP contribution in [0.25, 0.3) is 0 Å². The molecule has 0 bridgehead atoms. The van der Waals surface area contributed by atoms with E-state index in [0.29, 0.717) is 47.9 Å². The Balaban J connectivity index is 1.78. The van der Waals surface area contributed by atoms with Crippen molar-refractivity contribution in [3.05, 3.63) is 53.9 Å². The van der Waals surface area contributed by atoms with E-state index in [9.17, 15) is 14.4 Å². The van der Waals surface area contributed by atoms with Crippen molar-refractivity contribution in [1.82, 2.24) is 4.98 Å². The number of rotatable bonds is 12. The zero-order valence-corrected chi connectivity index (χ0v) is 21.5. The number of allylic oxidation sites excluding steroid dienone is 1. The first-order valence-corrected chi connectivity index (χ1v) is 12.2. The fourth-order valence-corrected chi connectivity index (χ4v) is 4.07. The Morgan fingerprint density at radius 2 is 1.97 bits per heavy atom. The largest absolute Gasteiger partial charge is 0.481 e. The monoisotopic (exact) mass is 507 g/mol. The number of hydrogen-bond acceptors (Lipinski definition) is 8. The molecule has 2 N–H and O–H groups in total. The molecule has 1 aliphatic rings. The molecule has 0 aliphatic carbocycles. The van der Waals surface area contributed by atoms with E-state index in [-0.39, 0.29) is 31.2 Å². The lowest BCUT2D eigenvalue weighted by Crippen LogP contribution is -2.35. The number of piperidine rings is 1. The van der Waals surface area contributed by atoms with Gasteiger partial charge in [0, 0.05) is 48.2 Å². The first kappa shape index (κ1) is 27.4. The first-order valence-electron chi connectivity index (χ1n) is 12.2. The quantitative estimate of drug-likeness (QED) is 0.253. The average molecular weight is 508 g/mol. The Labute approximate surface area is 216 Å². The molecule has 196 valence electrons. The van der Waals surface area contributed by atoms with Crippen LogP contribution in [-0.2, 0) is 19.1 Å². The molecule has 1 fully saturated rings. The van der Waals surface area contributed by atoms with Gasteiger partial charge in [0.15, 0.2) is 0 Å². The fraction of sp³-hybridized carbons (Fsp3) is 0.370. The van der Waals surface area contributed by atoms with Gasteiger partial charge in [-0.1, -0.05) is 0 Å². The van der Waals surface area contributed by atoms with Gasteiger partial charge >= 0.3 is 5.97 Å². The minimum Gasteiger partial charge on any atom is -0.481 e. The summed E-state index contributed by atoms with van der Waals surface area (Å²) in [6.07, 6.45) is 4.94. The van der Waals surface area contributed by atoms with E-state index in [4.69, 9.17) is 14.9 Å². The molecule has 0 atom stereocenters. The lowest BCUT2D eigenvalue weighted by atomic mass is 10.0. The average Bonchev–Trinajstić information content (AvgIpc) is 2.92. The number of benzene rings is 1. The number of nitrogens with one attached hydrogen (secondary N) is 2. The van der Waals surface area contributed by atoms with Crippen molar-refractivity contribution < 1.29 is 23.9 Å². The summed E-state index contributed by atoms with van der Waals surface area (Å²) in [5, 5.41) is 11.6. The number of methoxy groups -OCH3 is 1. The molecule has 1 aliphatic heterocycles. The predicted octanol–water partition coefficient (Wildman–Crippen LogP) is 3.93. The van der Waals surface area contributed by atoms with Crippen LogP contribution in [0.4, 0.5) is 17.1 Å². The van der Waals surface area contributed by atoms with Crippen LogP contribution in [0.2, 0.25) is 0 Å². The number of hydrogen-bond donors (Lipinski definition) is 2. The number of aromatic nitrogens is 1. The number of esters is 1. The highest BCUT2D eigenvalue weighted by Gasteiger charge is 2.21. The summed E-state index contributed by atoms with van der Waals surface area (Å²) >= 11 is 0. The summed E-state index contributed by atoms with van der Waals surface area (Å²) in [6.45, 7) is 4.49. The summed E-state index contributed by atoms with van der Waals surface area (Å²) < 4.78 is 10.1. The van der Waals surface area contributed by atoms with Crippen molar-refractivity contribution in [2.24, 2.45) is 0 Å². The SMILES string of the molecule is CCOC(=O)C(=N)/C(CCN(C=O)c1ccc(N2CCCCC2=O)cc1)=C(/C)Nc1ccc(OC)nc1. The highest BCUT2D eigenvalue weighted by Crippen LogP contribution is 2.25. The standard InChI is InChI=1S/C27H33N5O5/c1-4-37-27(35)26(28)23(19(2)30-20-8-13-24(36-3)29-17-20)14-16-31(18-33)21-9-11-22(12-10-21)32-15-6-5-7-25(32)34/h8-13,17-18,28,30H,4-7,14-16H2,1-3H3/b23-19-,28-26?. The number of pyridine rings is 1. The van der Waals surface area contributed by atoms with Gasteiger partial charge in [0.25, 0.3) is 0 Å². The molecule has 3 rings (SSSR count). The molecule has 1 saturated heterocycles. The molecule has 1 aromatic carbocycles. The van der Waals surface area contributed by atoms with Crippen molar-refractivity contribution in [3.63, 3.8) is 0 Å². The van der Waals surface area contributed by atoms with E-state index in [1.54, 1.807) is 49.2 Å². The minimum atomic E-state index is -0.736. The maximum Gasteiger partial charge on any atom is 0.356 e. The number of ether oxygens (including phenoxy) is 2. The van der Waals surface area contributed by atoms with E-state index in [2.05, 4.69) is 10.3 Å². The number of carbonyl (C=O) groups excluding carboxylic acids is 3. The van der Waals surface area contributed by atoms with Crippen molar-refractivity contribution in [2.45, 2.75) is 39.5 Å². The van der Waals surface area contributed by atoms with Gasteiger partial charge in [-0.15, -0.1) is 0 Å². The molecule has 2 amide bonds. The second-order valence-electron chi connectivity index (χ2n) is 8.48. The smallest absolute Gasteiger partial charge is 0.356 e. The van der Waals surface area contributed by atoms with E-state index in [1.807, 2.05) is 12.1 Å². The van der Waals surface area contributed by atoms with Crippen LogP contribution in [0.15, 0.2) is 53.9 Å². The normalized spacial score (nSPS) is 13.9. The van der Waals surface area contributed by atoms with E-state index in [0.717, 1.165) is 18.5 Å². The van der Waals surface area contributed by atoms with Gasteiger partial charge in [0.1, 0.15) is 5.71 Å². The molecule has 0 spiro atoms. The maximum atomic E-state index is 12.4. The summed E-state index contributed by atoms with van der Waals surface area (Å²) in [5.41, 5.74) is 2.81. The first-order chi connectivity index (χ1) is 17.9. The Hall–Kier alpha value is -4.21. The Kier molecular flexibility index (Phi) is 9.76. The van der Waals surface area contributed by atoms with Crippen molar-refractivity contribution in [2.75, 3.05) is 41.9 Å². The third-order valence-corrected chi connectivity index (χ3v) is 6.06. The van der Waals surface area contributed by atoms with E-state index in [1.165, 1.54) is 12.0 Å². The third kappa shape index (κ3) is 7.16. The van der Waals surface area contributed by atoms with Crippen molar-refractivity contribution in [3.8, 4) is 5.88 Å². The second-order valence-corrected chi connectivity index (χ2v) is 8.48. The Bertz CT molecular complexity index is 1140. The lowest BCUT2D eigenvalue weighted by molar-refractivity contribution is -0.135. The highest BCUT2D eigenvalue weighted by molar-refractivity contribution is 6.42. The van der Waals surface area contributed by atoms with Crippen molar-refractivity contribution in [1.29, 1.82) is 5.41 Å². The van der Waals surface area contributed by atoms with Gasteiger partial charge in [0.05, 0.1) is 25.6 Å². The molecule has 0 radical (unpaired) electrons. The highest BCUT2D eigenvalue weighted by atomic mass is 16.5. The summed E-state index contributed by atoms with van der Waals surface area (Å²) in [5.74, 6) is -0.169. The topological polar surface area (TPSA) is 125 Å². The number of nitrogens with zero attached hydrogens (tertiary/aromatic N) is 3. The molecule has 0 unspecified atom stereocenters. The molecular formula is C27H33N5O5. The molecule has 37 heavy (non-hydrogen) atoms. The number of amides is 2. The number of anilines is 3. The van der Waals surface area contributed by atoms with Gasteiger partial charge in [-0.25, -0.2) is 9.78 Å². The zero-order chi connectivity index (χ0) is 26.8. The van der Waals surface area contributed by atoms with Crippen LogP contribution in [0, 0.1) is 5.41 Å². The van der Waals surface area contributed by atoms with Gasteiger partial charge in [0.2, 0.25) is 18.2 Å². The number of carbonyl (C=O) groups is 3. The zero-order valence-electron chi connectivity index (χ0n) is 21.5. The predicted molar refractivity (Wildman–Crippen MR) is 142 cm³/mol. The molecule has 1 aromatic heterocycles. The van der Waals surface area contributed by atoms with Crippen LogP contribution in [0.5, 0.6) is 5.88 Å². The summed E-state index contributed by atoms with van der Waals surface area (Å²) in [4.78, 5) is 44.0. The van der Waals surface area contributed by atoms with Crippen LogP contribution in [-0.4, -0.2) is 55.8 Å². The summed E-state index contributed by atoms with van der Waals surface area (Å²) in [7, 11) is 1.53. The third-order valence-electron chi connectivity index (χ3n) is 6.06. The molecule has 10 heteroatoms. The van der Waals surface area contributed by atoms with Crippen LogP contribution in [0.3, 0.4) is 0 Å². The molecule has 2 aromatic rings. The van der Waals surface area contributed by atoms with Crippen molar-refractivity contribution >= 4 is 41.1 Å². The van der Waals surface area contributed by atoms with Gasteiger partial charge in [-0.2, -0.15) is 0 Å². The van der Waals surface area contributed by atoms with Crippen LogP contribution >= 0.6 is 0 Å². The summed E-state index contributed by atoms with van der Waals surface area (Å²) in [6, 6.07) is 10.7. The van der Waals surface area contributed by atoms with Gasteiger partial charge < -0.3 is 24.6 Å². The second kappa shape index (κ2) is 13.2. The maximum absolute atomic E-state index is 12.4. The molecular weight excluding hydrogens is 474 g/mol. The molecule has 0 saturated carbocycles. The fourth-order valence-electron chi connectivity index (χ4n) is 4.07. The van der Waals surface area contributed by atoms with Gasteiger partial charge in [-0.05, 0) is 63.4 Å². The van der Waals surface area contributed by atoms with Crippen LogP contribution in [0.1, 0.15) is 39.5 Å². The Morgan fingerprint density at radius 3 is 2.57 bits per heavy atom. The van der Waals surface area contributed by atoms with Gasteiger partial charge in [-0.3, -0.25) is 15.0 Å².